The molecule has 0 saturated heterocycles. The Morgan fingerprint density at radius 1 is 1.19 bits per heavy atom. The lowest BCUT2D eigenvalue weighted by molar-refractivity contribution is -0.137. The Labute approximate surface area is 163 Å². The van der Waals surface area contributed by atoms with E-state index in [0.717, 1.165) is 38.8 Å². The van der Waals surface area contributed by atoms with Gasteiger partial charge in [0.2, 0.25) is 15.9 Å². The van der Waals surface area contributed by atoms with Crippen LogP contribution in [-0.2, 0) is 21.0 Å². The number of sulfonamides is 1. The van der Waals surface area contributed by atoms with Crippen molar-refractivity contribution >= 4 is 43.2 Å². The van der Waals surface area contributed by atoms with Crippen molar-refractivity contribution in [2.75, 3.05) is 22.4 Å². The Morgan fingerprint density at radius 3 is 2.41 bits per heavy atom. The minimum absolute atomic E-state index is 0.0738. The average Bonchev–Trinajstić information content (AvgIpc) is 2.54. The van der Waals surface area contributed by atoms with Gasteiger partial charge in [0.15, 0.2) is 0 Å². The molecule has 2 rings (SSSR count). The first-order valence-corrected chi connectivity index (χ1v) is 10.2. The van der Waals surface area contributed by atoms with Gasteiger partial charge >= 0.3 is 6.18 Å². The predicted molar refractivity (Wildman–Crippen MR) is 101 cm³/mol. The van der Waals surface area contributed by atoms with E-state index in [9.17, 15) is 26.4 Å². The zero-order chi connectivity index (χ0) is 20.4. The lowest BCUT2D eigenvalue weighted by Gasteiger charge is -2.22. The first kappa shape index (κ1) is 21.2. The van der Waals surface area contributed by atoms with E-state index in [1.807, 2.05) is 0 Å². The number of carbonyl (C=O) groups excluding carboxylic acids is 1. The number of nitrogens with zero attached hydrogens (tertiary/aromatic N) is 1. The molecule has 0 saturated carbocycles. The van der Waals surface area contributed by atoms with Crippen LogP contribution in [0.15, 0.2) is 46.9 Å². The third-order valence-electron chi connectivity index (χ3n) is 3.59. The average molecular weight is 465 g/mol. The van der Waals surface area contributed by atoms with Gasteiger partial charge in [0.1, 0.15) is 6.54 Å². The molecular weight excluding hydrogens is 449 g/mol. The fraction of sp³-hybridized carbons (Fsp3) is 0.235. The monoisotopic (exact) mass is 464 g/mol. The lowest BCUT2D eigenvalue weighted by Crippen LogP contribution is -2.37. The maximum absolute atomic E-state index is 12.8. The lowest BCUT2D eigenvalue weighted by atomic mass is 10.2. The fourth-order valence-corrected chi connectivity index (χ4v) is 3.38. The van der Waals surface area contributed by atoms with Crippen LogP contribution in [0.1, 0.15) is 11.1 Å². The van der Waals surface area contributed by atoms with Gasteiger partial charge in [-0.25, -0.2) is 8.42 Å². The number of benzene rings is 2. The topological polar surface area (TPSA) is 66.5 Å². The van der Waals surface area contributed by atoms with Crippen molar-refractivity contribution in [2.45, 2.75) is 13.1 Å². The van der Waals surface area contributed by atoms with Crippen LogP contribution in [-0.4, -0.2) is 27.1 Å². The van der Waals surface area contributed by atoms with E-state index in [-0.39, 0.29) is 11.4 Å². The summed E-state index contributed by atoms with van der Waals surface area (Å²) in [5.74, 6) is -0.764. The molecule has 1 N–H and O–H groups in total. The molecular formula is C17H16BrF3N2O3S. The summed E-state index contributed by atoms with van der Waals surface area (Å²) < 4.78 is 64.1. The third-order valence-corrected chi connectivity index (χ3v) is 5.62. The summed E-state index contributed by atoms with van der Waals surface area (Å²) in [4.78, 5) is 12.2. The Morgan fingerprint density at radius 2 is 1.85 bits per heavy atom. The predicted octanol–water partition coefficient (Wildman–Crippen LogP) is 4.18. The summed E-state index contributed by atoms with van der Waals surface area (Å²) in [7, 11) is -3.79. The van der Waals surface area contributed by atoms with Crippen LogP contribution >= 0.6 is 15.9 Å². The SMILES string of the molecule is Cc1cc(N(CC(=O)Nc2cccc(C(F)(F)F)c2)S(C)(=O)=O)ccc1Br. The Hall–Kier alpha value is -2.07. The van der Waals surface area contributed by atoms with E-state index >= 15 is 0 Å². The molecule has 0 heterocycles. The smallest absolute Gasteiger partial charge is 0.325 e. The zero-order valence-corrected chi connectivity index (χ0v) is 16.7. The summed E-state index contributed by atoms with van der Waals surface area (Å²) >= 11 is 3.31. The Balaban J connectivity index is 2.23. The molecule has 0 unspecified atom stereocenters. The molecule has 0 spiro atoms. The van der Waals surface area contributed by atoms with Gasteiger partial charge in [-0.2, -0.15) is 13.2 Å². The normalized spacial score (nSPS) is 11.9. The first-order valence-electron chi connectivity index (χ1n) is 7.59. The van der Waals surface area contributed by atoms with Crippen LogP contribution in [0.3, 0.4) is 0 Å². The summed E-state index contributed by atoms with van der Waals surface area (Å²) in [6.45, 7) is 1.19. The van der Waals surface area contributed by atoms with Gasteiger partial charge in [-0.15, -0.1) is 0 Å². The van der Waals surface area contributed by atoms with Gasteiger partial charge in [-0.1, -0.05) is 22.0 Å². The van der Waals surface area contributed by atoms with Gasteiger partial charge in [-0.3, -0.25) is 9.10 Å². The number of amides is 1. The van der Waals surface area contributed by atoms with E-state index in [2.05, 4.69) is 21.2 Å². The Kier molecular flexibility index (Phi) is 6.21. The fourth-order valence-electron chi connectivity index (χ4n) is 2.29. The maximum atomic E-state index is 12.8. The molecule has 0 aromatic heterocycles. The standard InChI is InChI=1S/C17H16BrF3N2O3S/c1-11-8-14(6-7-15(11)18)23(27(2,25)26)10-16(24)22-13-5-3-4-12(9-13)17(19,20)21/h3-9H,10H2,1-2H3,(H,22,24). The van der Waals surface area contributed by atoms with Gasteiger partial charge in [0.25, 0.3) is 0 Å². The summed E-state index contributed by atoms with van der Waals surface area (Å²) in [5.41, 5.74) is 0.0518. The molecule has 0 radical (unpaired) electrons. The van der Waals surface area contributed by atoms with Gasteiger partial charge < -0.3 is 5.32 Å². The second-order valence-corrected chi connectivity index (χ2v) is 8.59. The highest BCUT2D eigenvalue weighted by Crippen LogP contribution is 2.30. The van der Waals surface area contributed by atoms with Gasteiger partial charge in [0.05, 0.1) is 17.5 Å². The molecule has 0 atom stereocenters. The number of alkyl halides is 3. The van der Waals surface area contributed by atoms with Crippen LogP contribution in [0.2, 0.25) is 0 Å². The molecule has 27 heavy (non-hydrogen) atoms. The van der Waals surface area contributed by atoms with Crippen LogP contribution in [0.5, 0.6) is 0 Å². The molecule has 0 aliphatic rings. The van der Waals surface area contributed by atoms with E-state index in [1.54, 1.807) is 19.1 Å². The number of aryl methyl sites for hydroxylation is 1. The summed E-state index contributed by atoms with van der Waals surface area (Å²) in [6.07, 6.45) is -3.60. The van der Waals surface area contributed by atoms with E-state index in [1.165, 1.54) is 12.1 Å². The third kappa shape index (κ3) is 5.70. The molecule has 2 aromatic rings. The van der Waals surface area contributed by atoms with Gasteiger partial charge in [-0.05, 0) is 48.9 Å². The summed E-state index contributed by atoms with van der Waals surface area (Å²) in [5, 5.41) is 2.30. The molecule has 10 heteroatoms. The van der Waals surface area contributed by atoms with E-state index < -0.39 is 34.2 Å². The molecule has 146 valence electrons. The molecule has 2 aromatic carbocycles. The van der Waals surface area contributed by atoms with Crippen molar-refractivity contribution < 1.29 is 26.4 Å². The number of nitrogens with one attached hydrogen (secondary N) is 1. The number of halogens is 4. The number of hydrogen-bond donors (Lipinski definition) is 1. The largest absolute Gasteiger partial charge is 0.416 e. The van der Waals surface area contributed by atoms with Crippen LogP contribution < -0.4 is 9.62 Å². The number of anilines is 2. The molecule has 0 aliphatic carbocycles. The van der Waals surface area contributed by atoms with Crippen molar-refractivity contribution in [3.63, 3.8) is 0 Å². The molecule has 0 bridgehead atoms. The quantitative estimate of drug-likeness (QED) is 0.721. The van der Waals surface area contributed by atoms with Gasteiger partial charge in [0, 0.05) is 10.2 Å². The number of rotatable bonds is 5. The van der Waals surface area contributed by atoms with Crippen LogP contribution in [0.4, 0.5) is 24.5 Å². The van der Waals surface area contributed by atoms with Crippen molar-refractivity contribution in [2.24, 2.45) is 0 Å². The van der Waals surface area contributed by atoms with E-state index in [4.69, 9.17) is 0 Å². The number of carbonyl (C=O) groups is 1. The highest BCUT2D eigenvalue weighted by atomic mass is 79.9. The second kappa shape index (κ2) is 7.89. The molecule has 0 fully saturated rings. The van der Waals surface area contributed by atoms with Crippen LogP contribution in [0, 0.1) is 6.92 Å². The van der Waals surface area contributed by atoms with Crippen molar-refractivity contribution in [3.8, 4) is 0 Å². The minimum atomic E-state index is -4.55. The molecule has 5 nitrogen and oxygen atoms in total. The first-order chi connectivity index (χ1) is 12.4. The Bertz CT molecular complexity index is 962. The van der Waals surface area contributed by atoms with Crippen molar-refractivity contribution in [1.29, 1.82) is 0 Å². The second-order valence-electron chi connectivity index (χ2n) is 5.83. The molecule has 1 amide bonds. The van der Waals surface area contributed by atoms with Crippen molar-refractivity contribution in [3.05, 3.63) is 58.1 Å². The van der Waals surface area contributed by atoms with E-state index in [0.29, 0.717) is 0 Å². The maximum Gasteiger partial charge on any atom is 0.416 e. The highest BCUT2D eigenvalue weighted by Gasteiger charge is 2.30. The number of hydrogen-bond acceptors (Lipinski definition) is 3. The highest BCUT2D eigenvalue weighted by molar-refractivity contribution is 9.10. The zero-order valence-electron chi connectivity index (χ0n) is 14.3. The summed E-state index contributed by atoms with van der Waals surface area (Å²) in [6, 6.07) is 8.87. The minimum Gasteiger partial charge on any atom is -0.325 e. The van der Waals surface area contributed by atoms with Crippen LogP contribution in [0.25, 0.3) is 0 Å². The molecule has 0 aliphatic heterocycles. The van der Waals surface area contributed by atoms with Crippen molar-refractivity contribution in [1.82, 2.24) is 0 Å².